The first kappa shape index (κ1) is 20.5. The van der Waals surface area contributed by atoms with E-state index < -0.39 is 17.6 Å². The average molecular weight is 295 g/mol. The van der Waals surface area contributed by atoms with E-state index in [0.29, 0.717) is 6.42 Å². The van der Waals surface area contributed by atoms with E-state index in [9.17, 15) is 9.59 Å². The highest BCUT2D eigenvalue weighted by atomic mass is 35.5. The van der Waals surface area contributed by atoms with Crippen molar-refractivity contribution in [3.63, 3.8) is 0 Å². The van der Waals surface area contributed by atoms with E-state index in [1.807, 2.05) is 13.8 Å². The zero-order chi connectivity index (χ0) is 14.5. The molecule has 5 nitrogen and oxygen atoms in total. The van der Waals surface area contributed by atoms with Crippen molar-refractivity contribution in [2.75, 3.05) is 0 Å². The van der Waals surface area contributed by atoms with E-state index in [2.05, 4.69) is 5.32 Å². The van der Waals surface area contributed by atoms with Gasteiger partial charge >= 0.3 is 5.97 Å². The quantitative estimate of drug-likeness (QED) is 0.730. The molecule has 1 amide bonds. The summed E-state index contributed by atoms with van der Waals surface area (Å²) in [7, 11) is 0. The van der Waals surface area contributed by atoms with Crippen molar-refractivity contribution in [2.45, 2.75) is 65.6 Å². The Bertz CT molecular complexity index is 299. The summed E-state index contributed by atoms with van der Waals surface area (Å²) in [5.41, 5.74) is 4.69. The second-order valence-electron chi connectivity index (χ2n) is 5.86. The average Bonchev–Trinajstić information content (AvgIpc) is 2.12. The summed E-state index contributed by atoms with van der Waals surface area (Å²) in [6.07, 6.45) is 0.336. The van der Waals surface area contributed by atoms with Crippen molar-refractivity contribution in [3.8, 4) is 0 Å². The van der Waals surface area contributed by atoms with Crippen LogP contribution in [-0.4, -0.2) is 29.6 Å². The highest BCUT2D eigenvalue weighted by Crippen LogP contribution is 2.09. The Kier molecular flexibility index (Phi) is 9.04. The zero-order valence-electron chi connectivity index (χ0n) is 12.6. The number of carbonyl (C=O) groups is 2. The van der Waals surface area contributed by atoms with Gasteiger partial charge in [-0.3, -0.25) is 4.79 Å². The van der Waals surface area contributed by atoms with Crippen molar-refractivity contribution in [3.05, 3.63) is 0 Å². The normalized spacial score (nSPS) is 12.9. The summed E-state index contributed by atoms with van der Waals surface area (Å²) in [5.74, 6) is -0.485. The molecule has 3 N–H and O–H groups in total. The Labute approximate surface area is 122 Å². The lowest BCUT2D eigenvalue weighted by atomic mass is 10.0. The molecule has 0 aliphatic heterocycles. The number of ether oxygens (including phenoxy) is 1. The number of hydrogen-bond donors (Lipinski definition) is 2. The third-order valence-electron chi connectivity index (χ3n) is 2.23. The van der Waals surface area contributed by atoms with Crippen LogP contribution in [0.2, 0.25) is 0 Å². The molecule has 0 unspecified atom stereocenters. The molecule has 6 heteroatoms. The van der Waals surface area contributed by atoms with Crippen LogP contribution in [0, 0.1) is 5.92 Å². The summed E-state index contributed by atoms with van der Waals surface area (Å²) in [5, 5.41) is 2.65. The Balaban J connectivity index is 0. The van der Waals surface area contributed by atoms with E-state index in [1.54, 1.807) is 27.7 Å². The van der Waals surface area contributed by atoms with Crippen molar-refractivity contribution in [2.24, 2.45) is 11.7 Å². The maximum absolute atomic E-state index is 11.9. The minimum absolute atomic E-state index is 0. The first-order chi connectivity index (χ1) is 8.04. The van der Waals surface area contributed by atoms with Crippen molar-refractivity contribution < 1.29 is 14.3 Å². The number of esters is 1. The molecule has 0 aliphatic rings. The molecule has 0 saturated carbocycles. The van der Waals surface area contributed by atoms with Gasteiger partial charge in [-0.15, -0.1) is 12.4 Å². The van der Waals surface area contributed by atoms with Gasteiger partial charge in [0.1, 0.15) is 6.04 Å². The predicted molar refractivity (Wildman–Crippen MR) is 78.1 cm³/mol. The van der Waals surface area contributed by atoms with Crippen molar-refractivity contribution in [1.29, 1.82) is 0 Å². The molecule has 19 heavy (non-hydrogen) atoms. The predicted octanol–water partition coefficient (Wildman–Crippen LogP) is 1.63. The summed E-state index contributed by atoms with van der Waals surface area (Å²) in [6.45, 7) is 10.7. The van der Waals surface area contributed by atoms with Gasteiger partial charge in [-0.1, -0.05) is 13.8 Å². The molecule has 0 saturated heterocycles. The van der Waals surface area contributed by atoms with Gasteiger partial charge in [0, 0.05) is 0 Å². The van der Waals surface area contributed by atoms with Crippen LogP contribution in [0.4, 0.5) is 0 Å². The van der Waals surface area contributed by atoms with Crippen LogP contribution >= 0.6 is 12.4 Å². The van der Waals surface area contributed by atoms with E-state index in [4.69, 9.17) is 10.5 Å². The van der Waals surface area contributed by atoms with Crippen LogP contribution in [0.5, 0.6) is 0 Å². The zero-order valence-corrected chi connectivity index (χ0v) is 13.5. The molecular formula is C13H27ClN2O3. The number of nitrogens with one attached hydrogen (secondary N) is 1. The Morgan fingerprint density at radius 1 is 1.21 bits per heavy atom. The lowest BCUT2D eigenvalue weighted by molar-refractivity contribution is -0.152. The number of nitrogens with two attached hydrogens (primary N) is 1. The number of carbonyl (C=O) groups excluding carboxylic acids is 2. The fraction of sp³-hybridized carbons (Fsp3) is 0.846. The summed E-state index contributed by atoms with van der Waals surface area (Å²) >= 11 is 0. The summed E-state index contributed by atoms with van der Waals surface area (Å²) in [4.78, 5) is 23.7. The highest BCUT2D eigenvalue weighted by molar-refractivity contribution is 5.89. The molecule has 0 aromatic rings. The van der Waals surface area contributed by atoms with Crippen LogP contribution in [-0.2, 0) is 14.3 Å². The number of halogens is 1. The molecule has 0 radical (unpaired) electrons. The fourth-order valence-corrected chi connectivity index (χ4v) is 1.34. The minimum atomic E-state index is -1.01. The van der Waals surface area contributed by atoms with Crippen LogP contribution in [0.15, 0.2) is 0 Å². The third kappa shape index (κ3) is 8.83. The van der Waals surface area contributed by atoms with Crippen LogP contribution in [0.1, 0.15) is 48.0 Å². The van der Waals surface area contributed by atoms with Gasteiger partial charge in [0.2, 0.25) is 5.91 Å². The maximum Gasteiger partial charge on any atom is 0.328 e. The first-order valence-corrected chi connectivity index (χ1v) is 6.34. The molecule has 0 spiro atoms. The minimum Gasteiger partial charge on any atom is -0.461 e. The van der Waals surface area contributed by atoms with Gasteiger partial charge in [0.25, 0.3) is 0 Å². The maximum atomic E-state index is 11.9. The second-order valence-corrected chi connectivity index (χ2v) is 5.86. The molecule has 0 aliphatic carbocycles. The Morgan fingerprint density at radius 2 is 1.68 bits per heavy atom. The second kappa shape index (κ2) is 8.38. The van der Waals surface area contributed by atoms with Crippen LogP contribution < -0.4 is 11.1 Å². The Morgan fingerprint density at radius 3 is 2.00 bits per heavy atom. The number of amides is 1. The first-order valence-electron chi connectivity index (χ1n) is 6.34. The number of hydrogen-bond acceptors (Lipinski definition) is 4. The van der Waals surface area contributed by atoms with E-state index in [0.717, 1.165) is 0 Å². The molecule has 0 aromatic heterocycles. The van der Waals surface area contributed by atoms with E-state index in [-0.39, 0.29) is 30.3 Å². The standard InChI is InChI=1S/C13H26N2O3.ClH/c1-8(2)7-10(11(16)18-9(3)4)15-12(17)13(5,6)14;/h8-10H,7,14H2,1-6H3,(H,15,17);1H/t10-;/m0./s1. The van der Waals surface area contributed by atoms with E-state index in [1.165, 1.54) is 0 Å². The summed E-state index contributed by atoms with van der Waals surface area (Å²) in [6, 6.07) is -0.636. The molecule has 0 rings (SSSR count). The van der Waals surface area contributed by atoms with Crippen LogP contribution in [0.3, 0.4) is 0 Å². The topological polar surface area (TPSA) is 81.4 Å². The lowest BCUT2D eigenvalue weighted by Gasteiger charge is -2.25. The molecule has 0 aromatic carbocycles. The third-order valence-corrected chi connectivity index (χ3v) is 2.23. The smallest absolute Gasteiger partial charge is 0.328 e. The van der Waals surface area contributed by atoms with Gasteiger partial charge in [-0.05, 0) is 40.0 Å². The molecular weight excluding hydrogens is 268 g/mol. The molecule has 0 fully saturated rings. The van der Waals surface area contributed by atoms with Gasteiger partial charge in [0.15, 0.2) is 0 Å². The van der Waals surface area contributed by atoms with E-state index >= 15 is 0 Å². The molecule has 1 atom stereocenters. The van der Waals surface area contributed by atoms with Gasteiger partial charge in [-0.25, -0.2) is 4.79 Å². The lowest BCUT2D eigenvalue weighted by Crippen LogP contribution is -2.54. The van der Waals surface area contributed by atoms with Crippen LogP contribution in [0.25, 0.3) is 0 Å². The number of rotatable bonds is 6. The molecule has 0 bridgehead atoms. The van der Waals surface area contributed by atoms with Crippen molar-refractivity contribution in [1.82, 2.24) is 5.32 Å². The Hall–Kier alpha value is -0.810. The molecule has 0 heterocycles. The van der Waals surface area contributed by atoms with Gasteiger partial charge in [0.05, 0.1) is 11.6 Å². The fourth-order valence-electron chi connectivity index (χ4n) is 1.34. The molecule has 114 valence electrons. The monoisotopic (exact) mass is 294 g/mol. The van der Waals surface area contributed by atoms with Crippen molar-refractivity contribution >= 4 is 24.3 Å². The highest BCUT2D eigenvalue weighted by Gasteiger charge is 2.29. The largest absolute Gasteiger partial charge is 0.461 e. The summed E-state index contributed by atoms with van der Waals surface area (Å²) < 4.78 is 5.13. The van der Waals surface area contributed by atoms with Gasteiger partial charge < -0.3 is 15.8 Å². The SMILES string of the molecule is CC(C)C[C@H](NC(=O)C(C)(C)N)C(=O)OC(C)C.Cl. The van der Waals surface area contributed by atoms with Gasteiger partial charge in [-0.2, -0.15) is 0 Å².